The number of nitrogens with one attached hydrogen (secondary N) is 1. The van der Waals surface area contributed by atoms with Gasteiger partial charge in [0.1, 0.15) is 11.1 Å². The Balaban J connectivity index is 1.80. The van der Waals surface area contributed by atoms with E-state index in [0.29, 0.717) is 10.6 Å². The van der Waals surface area contributed by atoms with Crippen LogP contribution < -0.4 is 5.32 Å². The van der Waals surface area contributed by atoms with Crippen LogP contribution in [0.3, 0.4) is 0 Å². The lowest BCUT2D eigenvalue weighted by atomic mass is 10.2. The Morgan fingerprint density at radius 2 is 2.12 bits per heavy atom. The number of halogens is 1. The van der Waals surface area contributed by atoms with Crippen molar-refractivity contribution in [2.45, 2.75) is 18.7 Å². The Kier molecular flexibility index (Phi) is 7.05. The van der Waals surface area contributed by atoms with Crippen LogP contribution in [0.4, 0.5) is 5.00 Å². The van der Waals surface area contributed by atoms with Gasteiger partial charge in [0.15, 0.2) is 6.61 Å². The van der Waals surface area contributed by atoms with Crippen molar-refractivity contribution in [2.75, 3.05) is 17.7 Å². The Labute approximate surface area is 162 Å². The highest BCUT2D eigenvalue weighted by molar-refractivity contribution is 9.10. The van der Waals surface area contributed by atoms with E-state index >= 15 is 0 Å². The average Bonchev–Trinajstić information content (AvgIpc) is 3.02. The standard InChI is InChI=1S/C17H15BrN2O3S2/c1-10-6-14(11(2)5-13(10)18)25-9-16(22)23-8-15(21)20-17-12(7-19)3-4-24-17/h3-6H,8-9H2,1-2H3,(H,20,21). The number of thioether (sulfide) groups is 1. The van der Waals surface area contributed by atoms with Gasteiger partial charge in [-0.1, -0.05) is 15.9 Å². The van der Waals surface area contributed by atoms with Crippen molar-refractivity contribution in [3.8, 4) is 6.07 Å². The quantitative estimate of drug-likeness (QED) is 0.537. The van der Waals surface area contributed by atoms with Crippen molar-refractivity contribution < 1.29 is 14.3 Å². The molecule has 0 saturated carbocycles. The van der Waals surface area contributed by atoms with Crippen LogP contribution in [0.1, 0.15) is 16.7 Å². The van der Waals surface area contributed by atoms with Crippen molar-refractivity contribution in [1.82, 2.24) is 0 Å². The first-order valence-corrected chi connectivity index (χ1v) is 9.89. The van der Waals surface area contributed by atoms with Crippen LogP contribution in [0.25, 0.3) is 0 Å². The summed E-state index contributed by atoms with van der Waals surface area (Å²) >= 11 is 6.09. The lowest BCUT2D eigenvalue weighted by Crippen LogP contribution is -2.21. The number of hydrogen-bond donors (Lipinski definition) is 1. The predicted octanol–water partition coefficient (Wildman–Crippen LogP) is 4.27. The second-order valence-corrected chi connectivity index (χ2v) is 7.93. The summed E-state index contributed by atoms with van der Waals surface area (Å²) in [6.45, 7) is 3.58. The second kappa shape index (κ2) is 9.04. The fraction of sp³-hybridized carbons (Fsp3) is 0.235. The fourth-order valence-corrected chi connectivity index (χ4v) is 4.01. The largest absolute Gasteiger partial charge is 0.455 e. The van der Waals surface area contributed by atoms with Crippen LogP contribution in [0.5, 0.6) is 0 Å². The third-order valence-corrected chi connectivity index (χ3v) is 6.02. The molecule has 0 bridgehead atoms. The van der Waals surface area contributed by atoms with Crippen molar-refractivity contribution >= 4 is 55.9 Å². The number of aryl methyl sites for hydroxylation is 2. The molecule has 0 radical (unpaired) electrons. The summed E-state index contributed by atoms with van der Waals surface area (Å²) in [5.74, 6) is -0.808. The van der Waals surface area contributed by atoms with E-state index in [1.807, 2.05) is 32.0 Å². The van der Waals surface area contributed by atoms with E-state index in [9.17, 15) is 9.59 Å². The van der Waals surface area contributed by atoms with Crippen molar-refractivity contribution in [2.24, 2.45) is 0 Å². The first kappa shape index (κ1) is 19.5. The molecule has 0 atom stereocenters. The topological polar surface area (TPSA) is 79.2 Å². The minimum Gasteiger partial charge on any atom is -0.455 e. The molecule has 1 heterocycles. The fourth-order valence-electron chi connectivity index (χ4n) is 1.89. The molecule has 2 rings (SSSR count). The first-order chi connectivity index (χ1) is 11.9. The Morgan fingerprint density at radius 3 is 2.84 bits per heavy atom. The number of ether oxygens (including phenoxy) is 1. The molecule has 1 aromatic heterocycles. The van der Waals surface area contributed by atoms with E-state index in [0.717, 1.165) is 20.5 Å². The third kappa shape index (κ3) is 5.59. The molecule has 130 valence electrons. The van der Waals surface area contributed by atoms with Crippen LogP contribution in [-0.4, -0.2) is 24.2 Å². The molecular formula is C17H15BrN2O3S2. The molecule has 1 N–H and O–H groups in total. The van der Waals surface area contributed by atoms with Gasteiger partial charge >= 0.3 is 5.97 Å². The lowest BCUT2D eigenvalue weighted by molar-refractivity contribution is -0.144. The molecule has 0 saturated heterocycles. The highest BCUT2D eigenvalue weighted by atomic mass is 79.9. The molecule has 0 unspecified atom stereocenters. The van der Waals surface area contributed by atoms with E-state index in [4.69, 9.17) is 10.00 Å². The van der Waals surface area contributed by atoms with Gasteiger partial charge in [-0.25, -0.2) is 0 Å². The normalized spacial score (nSPS) is 10.2. The number of amides is 1. The highest BCUT2D eigenvalue weighted by Crippen LogP contribution is 2.28. The molecule has 0 aliphatic heterocycles. The number of rotatable bonds is 6. The zero-order chi connectivity index (χ0) is 18.4. The van der Waals surface area contributed by atoms with Gasteiger partial charge in [0.25, 0.3) is 5.91 Å². The van der Waals surface area contributed by atoms with E-state index < -0.39 is 11.9 Å². The van der Waals surface area contributed by atoms with Gasteiger partial charge in [0.2, 0.25) is 0 Å². The van der Waals surface area contributed by atoms with E-state index in [1.54, 1.807) is 11.4 Å². The molecule has 5 nitrogen and oxygen atoms in total. The number of nitrogens with zero attached hydrogens (tertiary/aromatic N) is 1. The third-order valence-electron chi connectivity index (χ3n) is 3.20. The summed E-state index contributed by atoms with van der Waals surface area (Å²) in [5.41, 5.74) is 2.54. The highest BCUT2D eigenvalue weighted by Gasteiger charge is 2.12. The Morgan fingerprint density at radius 1 is 1.36 bits per heavy atom. The van der Waals surface area contributed by atoms with Crippen molar-refractivity contribution in [3.05, 3.63) is 44.7 Å². The van der Waals surface area contributed by atoms with Crippen molar-refractivity contribution in [3.63, 3.8) is 0 Å². The summed E-state index contributed by atoms with van der Waals surface area (Å²) in [6, 6.07) is 7.60. The van der Waals surface area contributed by atoms with E-state index in [1.165, 1.54) is 23.1 Å². The van der Waals surface area contributed by atoms with Gasteiger partial charge in [-0.2, -0.15) is 5.26 Å². The zero-order valence-corrected chi connectivity index (χ0v) is 16.8. The summed E-state index contributed by atoms with van der Waals surface area (Å²) in [6.07, 6.45) is 0. The van der Waals surface area contributed by atoms with E-state index in [2.05, 4.69) is 21.2 Å². The molecule has 0 spiro atoms. The van der Waals surface area contributed by atoms with Gasteiger partial charge in [0, 0.05) is 9.37 Å². The second-order valence-electron chi connectivity index (χ2n) is 5.14. The predicted molar refractivity (Wildman–Crippen MR) is 103 cm³/mol. The Hall–Kier alpha value is -1.82. The van der Waals surface area contributed by atoms with Gasteiger partial charge in [-0.15, -0.1) is 23.1 Å². The number of carbonyl (C=O) groups excluding carboxylic acids is 2. The Bertz CT molecular complexity index is 843. The lowest BCUT2D eigenvalue weighted by Gasteiger charge is -2.09. The minimum atomic E-state index is -0.466. The minimum absolute atomic E-state index is 0.123. The number of thiophene rings is 1. The maximum Gasteiger partial charge on any atom is 0.316 e. The van der Waals surface area contributed by atoms with Gasteiger partial charge in [-0.3, -0.25) is 9.59 Å². The van der Waals surface area contributed by atoms with Crippen LogP contribution in [0.2, 0.25) is 0 Å². The molecule has 0 aliphatic rings. The van der Waals surface area contributed by atoms with Gasteiger partial charge in [0.05, 0.1) is 11.3 Å². The number of anilines is 1. The number of carbonyl (C=O) groups is 2. The number of nitriles is 1. The molecule has 0 aliphatic carbocycles. The average molecular weight is 439 g/mol. The number of esters is 1. The van der Waals surface area contributed by atoms with E-state index in [-0.39, 0.29) is 12.4 Å². The summed E-state index contributed by atoms with van der Waals surface area (Å²) in [4.78, 5) is 24.6. The van der Waals surface area contributed by atoms with Crippen molar-refractivity contribution in [1.29, 1.82) is 5.26 Å². The van der Waals surface area contributed by atoms with Crippen LogP contribution in [0, 0.1) is 25.2 Å². The molecule has 2 aromatic rings. The summed E-state index contributed by atoms with van der Waals surface area (Å²) < 4.78 is 6.01. The smallest absolute Gasteiger partial charge is 0.316 e. The van der Waals surface area contributed by atoms with Gasteiger partial charge < -0.3 is 10.1 Å². The monoisotopic (exact) mass is 438 g/mol. The maximum absolute atomic E-state index is 11.8. The zero-order valence-electron chi connectivity index (χ0n) is 13.6. The SMILES string of the molecule is Cc1cc(SCC(=O)OCC(=O)Nc2sccc2C#N)c(C)cc1Br. The van der Waals surface area contributed by atoms with Crippen LogP contribution in [0.15, 0.2) is 32.9 Å². The number of hydrogen-bond acceptors (Lipinski definition) is 6. The molecule has 0 fully saturated rings. The summed E-state index contributed by atoms with van der Waals surface area (Å²) in [5, 5.41) is 13.6. The first-order valence-electron chi connectivity index (χ1n) is 7.23. The maximum atomic E-state index is 11.8. The van der Waals surface area contributed by atoms with Crippen LogP contribution in [-0.2, 0) is 14.3 Å². The number of benzene rings is 1. The molecular weight excluding hydrogens is 424 g/mol. The van der Waals surface area contributed by atoms with Gasteiger partial charge in [-0.05, 0) is 48.6 Å². The van der Waals surface area contributed by atoms with Crippen LogP contribution >= 0.6 is 39.0 Å². The molecule has 25 heavy (non-hydrogen) atoms. The summed E-state index contributed by atoms with van der Waals surface area (Å²) in [7, 11) is 0. The molecule has 8 heteroatoms. The molecule has 1 aromatic carbocycles. The molecule has 1 amide bonds.